The molecular weight excluding hydrogens is 374 g/mol. The fourth-order valence-electron chi connectivity index (χ4n) is 2.87. The molecule has 0 unspecified atom stereocenters. The molecule has 1 N–H and O–H groups in total. The normalized spacial score (nSPS) is 11.3. The van der Waals surface area contributed by atoms with Crippen LogP contribution in [0.3, 0.4) is 0 Å². The molecular formula is C17H14ClN5O2S. The quantitative estimate of drug-likeness (QED) is 0.586. The number of fused-ring (bicyclic) bond motifs is 2. The molecule has 0 saturated heterocycles. The van der Waals surface area contributed by atoms with Crippen molar-refractivity contribution in [3.63, 3.8) is 0 Å². The van der Waals surface area contributed by atoms with Crippen LogP contribution < -0.4 is 10.9 Å². The van der Waals surface area contributed by atoms with Gasteiger partial charge in [0, 0.05) is 16.4 Å². The number of nitrogens with one attached hydrogen (secondary N) is 1. The molecule has 0 atom stereocenters. The van der Waals surface area contributed by atoms with Gasteiger partial charge in [-0.1, -0.05) is 29.0 Å². The second kappa shape index (κ2) is 6.22. The predicted octanol–water partition coefficient (Wildman–Crippen LogP) is 3.01. The van der Waals surface area contributed by atoms with Crippen molar-refractivity contribution in [2.75, 3.05) is 5.32 Å². The third kappa shape index (κ3) is 2.87. The van der Waals surface area contributed by atoms with Crippen LogP contribution in [0.1, 0.15) is 10.7 Å². The lowest BCUT2D eigenvalue weighted by atomic mass is 10.3. The van der Waals surface area contributed by atoms with E-state index in [1.807, 2.05) is 13.8 Å². The van der Waals surface area contributed by atoms with Gasteiger partial charge in [0.25, 0.3) is 5.56 Å². The van der Waals surface area contributed by atoms with Crippen molar-refractivity contribution >= 4 is 50.5 Å². The van der Waals surface area contributed by atoms with Crippen molar-refractivity contribution in [3.05, 3.63) is 56.4 Å². The van der Waals surface area contributed by atoms with Gasteiger partial charge in [-0.3, -0.25) is 9.59 Å². The summed E-state index contributed by atoms with van der Waals surface area (Å²) in [5, 5.41) is 8.28. The summed E-state index contributed by atoms with van der Waals surface area (Å²) in [6, 6.07) is 8.71. The number of aryl methyl sites for hydroxylation is 2. The molecule has 0 aliphatic heterocycles. The average Bonchev–Trinajstić information content (AvgIpc) is 3.08. The minimum absolute atomic E-state index is 0.00600. The second-order valence-corrected chi connectivity index (χ2v) is 7.49. The molecule has 0 fully saturated rings. The first kappa shape index (κ1) is 16.7. The lowest BCUT2D eigenvalue weighted by molar-refractivity contribution is -0.116. The van der Waals surface area contributed by atoms with Gasteiger partial charge in [-0.15, -0.1) is 0 Å². The number of hydrogen-bond donors (Lipinski definition) is 1. The Bertz CT molecular complexity index is 1220. The molecule has 26 heavy (non-hydrogen) atoms. The molecule has 9 heteroatoms. The van der Waals surface area contributed by atoms with E-state index >= 15 is 0 Å². The maximum Gasteiger partial charge on any atom is 0.299 e. The maximum atomic E-state index is 12.8. The van der Waals surface area contributed by atoms with E-state index in [9.17, 15) is 9.59 Å². The number of carbonyl (C=O) groups is 1. The van der Waals surface area contributed by atoms with E-state index in [1.54, 1.807) is 34.9 Å². The molecule has 3 heterocycles. The Morgan fingerprint density at radius 2 is 2.12 bits per heavy atom. The van der Waals surface area contributed by atoms with Crippen molar-refractivity contribution in [1.82, 2.24) is 19.2 Å². The molecule has 7 nitrogen and oxygen atoms in total. The van der Waals surface area contributed by atoms with Gasteiger partial charge in [0.2, 0.25) is 10.9 Å². The summed E-state index contributed by atoms with van der Waals surface area (Å²) in [5.41, 5.74) is 2.03. The van der Waals surface area contributed by atoms with Gasteiger partial charge < -0.3 is 9.88 Å². The van der Waals surface area contributed by atoms with Crippen LogP contribution in [-0.4, -0.2) is 25.1 Å². The number of amides is 1. The smallest absolute Gasteiger partial charge is 0.299 e. The highest BCUT2D eigenvalue weighted by Crippen LogP contribution is 2.19. The molecule has 1 aromatic carbocycles. The SMILES string of the molecule is Cc1nn2c(=O)c3c(cc(C)n3CC(=O)Nc3cccc(Cl)c3)nc2s1. The fraction of sp³-hybridized carbons (Fsp3) is 0.176. The summed E-state index contributed by atoms with van der Waals surface area (Å²) in [6.45, 7) is 3.65. The van der Waals surface area contributed by atoms with Crippen LogP contribution in [0.4, 0.5) is 5.69 Å². The predicted molar refractivity (Wildman–Crippen MR) is 102 cm³/mol. The Balaban J connectivity index is 1.74. The first-order valence-electron chi connectivity index (χ1n) is 7.84. The molecule has 1 amide bonds. The van der Waals surface area contributed by atoms with Crippen molar-refractivity contribution in [2.24, 2.45) is 0 Å². The van der Waals surface area contributed by atoms with Gasteiger partial charge in [-0.05, 0) is 38.1 Å². The monoisotopic (exact) mass is 387 g/mol. The van der Waals surface area contributed by atoms with Crippen molar-refractivity contribution in [3.8, 4) is 0 Å². The van der Waals surface area contributed by atoms with Gasteiger partial charge in [0.1, 0.15) is 17.1 Å². The molecule has 0 saturated carbocycles. The van der Waals surface area contributed by atoms with Gasteiger partial charge in [0.05, 0.1) is 5.52 Å². The van der Waals surface area contributed by atoms with E-state index < -0.39 is 0 Å². The maximum absolute atomic E-state index is 12.8. The van der Waals surface area contributed by atoms with Crippen LogP contribution >= 0.6 is 22.9 Å². The number of anilines is 1. The van der Waals surface area contributed by atoms with E-state index in [0.29, 0.717) is 26.7 Å². The molecule has 0 aliphatic rings. The lowest BCUT2D eigenvalue weighted by Gasteiger charge is -2.09. The highest BCUT2D eigenvalue weighted by atomic mass is 35.5. The highest BCUT2D eigenvalue weighted by Gasteiger charge is 2.17. The number of carbonyl (C=O) groups excluding carboxylic acids is 1. The summed E-state index contributed by atoms with van der Waals surface area (Å²) < 4.78 is 2.94. The Kier molecular flexibility index (Phi) is 4.01. The van der Waals surface area contributed by atoms with E-state index in [1.165, 1.54) is 15.9 Å². The van der Waals surface area contributed by atoms with Crippen LogP contribution in [0.25, 0.3) is 16.0 Å². The Morgan fingerprint density at radius 1 is 1.31 bits per heavy atom. The third-order valence-electron chi connectivity index (χ3n) is 3.97. The summed E-state index contributed by atoms with van der Waals surface area (Å²) in [6.07, 6.45) is 0. The molecule has 0 spiro atoms. The van der Waals surface area contributed by atoms with E-state index in [-0.39, 0.29) is 18.0 Å². The zero-order valence-electron chi connectivity index (χ0n) is 14.0. The fourth-order valence-corrected chi connectivity index (χ4v) is 3.80. The minimum atomic E-state index is -0.280. The summed E-state index contributed by atoms with van der Waals surface area (Å²) in [5.74, 6) is -0.258. The molecule has 3 aromatic heterocycles. The molecule has 0 bridgehead atoms. The molecule has 132 valence electrons. The Labute approximate surface area is 156 Å². The summed E-state index contributed by atoms with van der Waals surface area (Å²) in [4.78, 5) is 30.3. The lowest BCUT2D eigenvalue weighted by Crippen LogP contribution is -2.23. The number of rotatable bonds is 3. The van der Waals surface area contributed by atoms with Crippen molar-refractivity contribution in [2.45, 2.75) is 20.4 Å². The van der Waals surface area contributed by atoms with Crippen molar-refractivity contribution < 1.29 is 4.79 Å². The Hall–Kier alpha value is -2.71. The summed E-state index contributed by atoms with van der Waals surface area (Å²) >= 11 is 7.29. The number of aromatic nitrogens is 4. The van der Waals surface area contributed by atoms with Crippen molar-refractivity contribution in [1.29, 1.82) is 0 Å². The van der Waals surface area contributed by atoms with Crippen LogP contribution in [0.2, 0.25) is 5.02 Å². The number of hydrogen-bond acceptors (Lipinski definition) is 5. The van der Waals surface area contributed by atoms with Gasteiger partial charge in [-0.2, -0.15) is 9.61 Å². The van der Waals surface area contributed by atoms with Crippen LogP contribution in [0.15, 0.2) is 35.1 Å². The van der Waals surface area contributed by atoms with E-state index in [2.05, 4.69) is 15.4 Å². The minimum Gasteiger partial charge on any atom is -0.330 e. The third-order valence-corrected chi connectivity index (χ3v) is 5.02. The van der Waals surface area contributed by atoms with Gasteiger partial charge >= 0.3 is 0 Å². The highest BCUT2D eigenvalue weighted by molar-refractivity contribution is 7.16. The second-order valence-electron chi connectivity index (χ2n) is 5.90. The molecule has 0 radical (unpaired) electrons. The largest absolute Gasteiger partial charge is 0.330 e. The first-order valence-corrected chi connectivity index (χ1v) is 9.03. The molecule has 4 rings (SSSR count). The van der Waals surface area contributed by atoms with E-state index in [4.69, 9.17) is 11.6 Å². The molecule has 0 aliphatic carbocycles. The van der Waals surface area contributed by atoms with Crippen LogP contribution in [0, 0.1) is 13.8 Å². The van der Waals surface area contributed by atoms with E-state index in [0.717, 1.165) is 10.7 Å². The number of benzene rings is 1. The van der Waals surface area contributed by atoms with Gasteiger partial charge in [-0.25, -0.2) is 4.98 Å². The van der Waals surface area contributed by atoms with Crippen LogP contribution in [-0.2, 0) is 11.3 Å². The molecule has 4 aromatic rings. The van der Waals surface area contributed by atoms with Crippen LogP contribution in [0.5, 0.6) is 0 Å². The zero-order chi connectivity index (χ0) is 18.4. The standard InChI is InChI=1S/C17H14ClN5O2S/c1-9-6-13-15(16(25)23-17(20-13)26-10(2)21-23)22(9)8-14(24)19-12-5-3-4-11(18)7-12/h3-7H,8H2,1-2H3,(H,19,24). The van der Waals surface area contributed by atoms with Gasteiger partial charge in [0.15, 0.2) is 0 Å². The first-order chi connectivity index (χ1) is 12.4. The number of halogens is 1. The summed E-state index contributed by atoms with van der Waals surface area (Å²) in [7, 11) is 0. The topological polar surface area (TPSA) is 81.3 Å². The number of nitrogens with zero attached hydrogens (tertiary/aromatic N) is 4. The Morgan fingerprint density at radius 3 is 2.88 bits per heavy atom. The zero-order valence-corrected chi connectivity index (χ0v) is 15.6. The average molecular weight is 388 g/mol.